The summed E-state index contributed by atoms with van der Waals surface area (Å²) in [6.45, 7) is 0.934. The SMILES string of the molecule is OC1(CCC2CCCCO2)CCCCC1. The van der Waals surface area contributed by atoms with Crippen LogP contribution in [0.5, 0.6) is 0 Å². The first kappa shape index (κ1) is 11.4. The maximum absolute atomic E-state index is 10.3. The second-order valence-corrected chi connectivity index (χ2v) is 5.31. The predicted molar refractivity (Wildman–Crippen MR) is 60.9 cm³/mol. The van der Waals surface area contributed by atoms with Crippen LogP contribution in [0.4, 0.5) is 0 Å². The minimum absolute atomic E-state index is 0.348. The molecule has 0 aromatic carbocycles. The molecule has 1 saturated heterocycles. The number of aliphatic hydroxyl groups is 1. The Labute approximate surface area is 93.0 Å². The molecule has 1 atom stereocenters. The van der Waals surface area contributed by atoms with Crippen molar-refractivity contribution in [2.45, 2.75) is 75.9 Å². The van der Waals surface area contributed by atoms with Gasteiger partial charge in [-0.15, -0.1) is 0 Å². The normalized spacial score (nSPS) is 31.4. The molecule has 2 aliphatic rings. The van der Waals surface area contributed by atoms with Crippen molar-refractivity contribution in [3.05, 3.63) is 0 Å². The largest absolute Gasteiger partial charge is 0.390 e. The Balaban J connectivity index is 1.70. The first-order valence-electron chi connectivity index (χ1n) is 6.63. The van der Waals surface area contributed by atoms with Crippen molar-refractivity contribution in [2.24, 2.45) is 0 Å². The van der Waals surface area contributed by atoms with Gasteiger partial charge < -0.3 is 9.84 Å². The quantitative estimate of drug-likeness (QED) is 0.779. The molecule has 88 valence electrons. The molecule has 0 aromatic heterocycles. The predicted octanol–water partition coefficient (Wildman–Crippen LogP) is 3.03. The van der Waals surface area contributed by atoms with Gasteiger partial charge in [0.05, 0.1) is 11.7 Å². The van der Waals surface area contributed by atoms with Gasteiger partial charge in [0.25, 0.3) is 0 Å². The molecule has 1 aliphatic heterocycles. The smallest absolute Gasteiger partial charge is 0.0648 e. The summed E-state index contributed by atoms with van der Waals surface area (Å²) in [5.74, 6) is 0. The fraction of sp³-hybridized carbons (Fsp3) is 1.00. The van der Waals surface area contributed by atoms with Crippen molar-refractivity contribution in [1.82, 2.24) is 0 Å². The van der Waals surface area contributed by atoms with Crippen LogP contribution in [0.2, 0.25) is 0 Å². The van der Waals surface area contributed by atoms with E-state index in [-0.39, 0.29) is 5.60 Å². The van der Waals surface area contributed by atoms with E-state index in [0.29, 0.717) is 6.10 Å². The molecule has 1 N–H and O–H groups in total. The van der Waals surface area contributed by atoms with E-state index >= 15 is 0 Å². The van der Waals surface area contributed by atoms with Gasteiger partial charge in [0, 0.05) is 6.61 Å². The van der Waals surface area contributed by atoms with Gasteiger partial charge in [-0.05, 0) is 44.9 Å². The van der Waals surface area contributed by atoms with Crippen LogP contribution in [-0.2, 0) is 4.74 Å². The van der Waals surface area contributed by atoms with E-state index in [1.165, 1.54) is 38.5 Å². The van der Waals surface area contributed by atoms with Crippen molar-refractivity contribution < 1.29 is 9.84 Å². The monoisotopic (exact) mass is 212 g/mol. The zero-order chi connectivity index (χ0) is 10.6. The molecule has 1 heterocycles. The zero-order valence-electron chi connectivity index (χ0n) is 9.71. The molecule has 2 nitrogen and oxygen atoms in total. The highest BCUT2D eigenvalue weighted by atomic mass is 16.5. The Morgan fingerprint density at radius 1 is 1.07 bits per heavy atom. The average Bonchev–Trinajstić information content (AvgIpc) is 2.29. The summed E-state index contributed by atoms with van der Waals surface area (Å²) in [6, 6.07) is 0. The lowest BCUT2D eigenvalue weighted by molar-refractivity contribution is -0.0375. The van der Waals surface area contributed by atoms with Gasteiger partial charge in [0.15, 0.2) is 0 Å². The minimum atomic E-state index is -0.348. The fourth-order valence-corrected chi connectivity index (χ4v) is 2.92. The second-order valence-electron chi connectivity index (χ2n) is 5.31. The van der Waals surface area contributed by atoms with Crippen LogP contribution in [0.1, 0.15) is 64.2 Å². The van der Waals surface area contributed by atoms with Crippen LogP contribution >= 0.6 is 0 Å². The van der Waals surface area contributed by atoms with Gasteiger partial charge in [-0.1, -0.05) is 19.3 Å². The highest BCUT2D eigenvalue weighted by molar-refractivity contribution is 4.83. The topological polar surface area (TPSA) is 29.5 Å². The summed E-state index contributed by atoms with van der Waals surface area (Å²) in [6.07, 6.45) is 11.9. The van der Waals surface area contributed by atoms with Gasteiger partial charge in [-0.2, -0.15) is 0 Å². The Bertz CT molecular complexity index is 179. The Hall–Kier alpha value is -0.0800. The van der Waals surface area contributed by atoms with Crippen LogP contribution in [0.25, 0.3) is 0 Å². The van der Waals surface area contributed by atoms with Gasteiger partial charge in [-0.3, -0.25) is 0 Å². The number of hydrogen-bond acceptors (Lipinski definition) is 2. The van der Waals surface area contributed by atoms with E-state index in [2.05, 4.69) is 0 Å². The number of ether oxygens (including phenoxy) is 1. The lowest BCUT2D eigenvalue weighted by Crippen LogP contribution is -2.33. The van der Waals surface area contributed by atoms with E-state index in [0.717, 1.165) is 32.3 Å². The van der Waals surface area contributed by atoms with Crippen molar-refractivity contribution in [3.8, 4) is 0 Å². The minimum Gasteiger partial charge on any atom is -0.390 e. The maximum atomic E-state index is 10.3. The Kier molecular flexibility index (Phi) is 4.04. The molecule has 0 spiro atoms. The van der Waals surface area contributed by atoms with Crippen molar-refractivity contribution in [1.29, 1.82) is 0 Å². The zero-order valence-corrected chi connectivity index (χ0v) is 9.71. The Morgan fingerprint density at radius 3 is 2.53 bits per heavy atom. The molecular weight excluding hydrogens is 188 g/mol. The van der Waals surface area contributed by atoms with Gasteiger partial charge >= 0.3 is 0 Å². The van der Waals surface area contributed by atoms with E-state index < -0.39 is 0 Å². The van der Waals surface area contributed by atoms with E-state index in [1.54, 1.807) is 0 Å². The van der Waals surface area contributed by atoms with Crippen molar-refractivity contribution >= 4 is 0 Å². The standard InChI is InChI=1S/C13H24O2/c14-13(8-3-1-4-9-13)10-7-12-6-2-5-11-15-12/h12,14H,1-11H2. The third-order valence-electron chi connectivity index (χ3n) is 3.99. The van der Waals surface area contributed by atoms with Crippen LogP contribution in [0.3, 0.4) is 0 Å². The maximum Gasteiger partial charge on any atom is 0.0648 e. The third-order valence-corrected chi connectivity index (χ3v) is 3.99. The highest BCUT2D eigenvalue weighted by Gasteiger charge is 2.30. The van der Waals surface area contributed by atoms with Crippen LogP contribution in [0.15, 0.2) is 0 Å². The highest BCUT2D eigenvalue weighted by Crippen LogP contribution is 2.33. The van der Waals surface area contributed by atoms with E-state index in [9.17, 15) is 5.11 Å². The molecule has 15 heavy (non-hydrogen) atoms. The summed E-state index contributed by atoms with van der Waals surface area (Å²) in [4.78, 5) is 0. The van der Waals surface area contributed by atoms with Crippen LogP contribution in [0, 0.1) is 0 Å². The molecule has 0 aromatic rings. The summed E-state index contributed by atoms with van der Waals surface area (Å²) >= 11 is 0. The summed E-state index contributed by atoms with van der Waals surface area (Å²) in [5, 5.41) is 10.3. The summed E-state index contributed by atoms with van der Waals surface area (Å²) < 4.78 is 5.70. The van der Waals surface area contributed by atoms with E-state index in [4.69, 9.17) is 4.74 Å². The molecule has 0 amide bonds. The molecule has 0 radical (unpaired) electrons. The van der Waals surface area contributed by atoms with Crippen LogP contribution < -0.4 is 0 Å². The first-order valence-corrected chi connectivity index (χ1v) is 6.63. The number of rotatable bonds is 3. The van der Waals surface area contributed by atoms with E-state index in [1.807, 2.05) is 0 Å². The average molecular weight is 212 g/mol. The van der Waals surface area contributed by atoms with Gasteiger partial charge in [0.1, 0.15) is 0 Å². The van der Waals surface area contributed by atoms with Crippen molar-refractivity contribution in [3.63, 3.8) is 0 Å². The molecule has 2 fully saturated rings. The Morgan fingerprint density at radius 2 is 1.87 bits per heavy atom. The molecule has 2 rings (SSSR count). The van der Waals surface area contributed by atoms with Gasteiger partial charge in [0.2, 0.25) is 0 Å². The summed E-state index contributed by atoms with van der Waals surface area (Å²) in [7, 11) is 0. The third kappa shape index (κ3) is 3.46. The molecule has 2 heteroatoms. The molecular formula is C13H24O2. The summed E-state index contributed by atoms with van der Waals surface area (Å²) in [5.41, 5.74) is -0.348. The first-order chi connectivity index (χ1) is 7.29. The lowest BCUT2D eigenvalue weighted by Gasteiger charge is -2.34. The molecule has 1 aliphatic carbocycles. The van der Waals surface area contributed by atoms with Crippen LogP contribution in [-0.4, -0.2) is 23.4 Å². The van der Waals surface area contributed by atoms with Gasteiger partial charge in [-0.25, -0.2) is 0 Å². The fourth-order valence-electron chi connectivity index (χ4n) is 2.92. The number of hydrogen-bond donors (Lipinski definition) is 1. The molecule has 1 saturated carbocycles. The second kappa shape index (κ2) is 5.31. The molecule has 0 bridgehead atoms. The van der Waals surface area contributed by atoms with Crippen molar-refractivity contribution in [2.75, 3.05) is 6.61 Å². The molecule has 1 unspecified atom stereocenters. The lowest BCUT2D eigenvalue weighted by atomic mass is 9.81.